The summed E-state index contributed by atoms with van der Waals surface area (Å²) in [5.41, 5.74) is 3.32. The third-order valence-corrected chi connectivity index (χ3v) is 6.50. The second-order valence-corrected chi connectivity index (χ2v) is 9.22. The van der Waals surface area contributed by atoms with Crippen LogP contribution in [0.2, 0.25) is 5.02 Å². The number of aromatic nitrogens is 2. The van der Waals surface area contributed by atoms with E-state index in [4.69, 9.17) is 16.3 Å². The Labute approximate surface area is 201 Å². The van der Waals surface area contributed by atoms with Gasteiger partial charge in [0.05, 0.1) is 30.2 Å². The monoisotopic (exact) mass is 485 g/mol. The second-order valence-electron chi connectivity index (χ2n) is 7.82. The summed E-state index contributed by atoms with van der Waals surface area (Å²) in [4.78, 5) is 33.8. The van der Waals surface area contributed by atoms with Gasteiger partial charge < -0.3 is 19.9 Å². The van der Waals surface area contributed by atoms with Crippen molar-refractivity contribution in [1.82, 2.24) is 9.97 Å². The van der Waals surface area contributed by atoms with Crippen molar-refractivity contribution in [3.8, 4) is 5.75 Å². The van der Waals surface area contributed by atoms with Gasteiger partial charge in [-0.3, -0.25) is 9.59 Å². The first-order chi connectivity index (χ1) is 16.0. The number of nitrogens with zero attached hydrogens (tertiary/aromatic N) is 1. The van der Waals surface area contributed by atoms with E-state index >= 15 is 0 Å². The van der Waals surface area contributed by atoms with E-state index in [0.717, 1.165) is 41.5 Å². The van der Waals surface area contributed by atoms with Gasteiger partial charge in [-0.25, -0.2) is 4.98 Å². The zero-order valence-electron chi connectivity index (χ0n) is 18.3. The highest BCUT2D eigenvalue weighted by molar-refractivity contribution is 7.99. The molecule has 0 saturated heterocycles. The summed E-state index contributed by atoms with van der Waals surface area (Å²) in [6, 6.07) is 15.0. The summed E-state index contributed by atoms with van der Waals surface area (Å²) in [7, 11) is 0. The molecule has 1 atom stereocenters. The highest BCUT2D eigenvalue weighted by Crippen LogP contribution is 2.18. The number of hydrogen-bond acceptors (Lipinski definition) is 5. The number of amides is 1. The van der Waals surface area contributed by atoms with Crippen LogP contribution in [0.5, 0.6) is 5.75 Å². The number of carbonyl (C=O) groups excluding carboxylic acids is 1. The fraction of sp³-hybridized carbons (Fsp3) is 0.292. The molecule has 1 aromatic heterocycles. The first-order valence-corrected chi connectivity index (χ1v) is 12.2. The van der Waals surface area contributed by atoms with Crippen LogP contribution in [0.4, 0.5) is 5.69 Å². The molecule has 7 nitrogen and oxygen atoms in total. The number of benzene rings is 2. The highest BCUT2D eigenvalue weighted by Gasteiger charge is 2.24. The van der Waals surface area contributed by atoms with Gasteiger partial charge in [-0.2, -0.15) is 0 Å². The summed E-state index contributed by atoms with van der Waals surface area (Å²) in [6.45, 7) is 4.87. The van der Waals surface area contributed by atoms with E-state index in [1.165, 1.54) is 22.2 Å². The summed E-state index contributed by atoms with van der Waals surface area (Å²) >= 11 is 7.19. The number of carbonyl (C=O) groups is 1. The molecule has 0 bridgehead atoms. The molecule has 172 valence electrons. The Kier molecular flexibility index (Phi) is 7.69. The molecule has 0 spiro atoms. The van der Waals surface area contributed by atoms with Crippen molar-refractivity contribution >= 4 is 35.0 Å². The minimum absolute atomic E-state index is 0.122. The van der Waals surface area contributed by atoms with Gasteiger partial charge >= 0.3 is 0 Å². The maximum absolute atomic E-state index is 12.7. The number of anilines is 1. The van der Waals surface area contributed by atoms with Crippen LogP contribution >= 0.6 is 23.4 Å². The molecule has 1 amide bonds. The van der Waals surface area contributed by atoms with E-state index in [-0.39, 0.29) is 17.2 Å². The lowest BCUT2D eigenvalue weighted by Crippen LogP contribution is -3.10. The Balaban J connectivity index is 1.33. The number of halogens is 1. The Hall–Kier alpha value is -2.81. The minimum atomic E-state index is -0.164. The van der Waals surface area contributed by atoms with Gasteiger partial charge in [-0.05, 0) is 43.3 Å². The number of fused-ring (bicyclic) bond motifs is 1. The molecule has 3 N–H and O–H groups in total. The Morgan fingerprint density at radius 2 is 1.97 bits per heavy atom. The van der Waals surface area contributed by atoms with E-state index in [9.17, 15) is 9.59 Å². The molecule has 1 unspecified atom stereocenters. The van der Waals surface area contributed by atoms with Crippen LogP contribution < -0.4 is 20.5 Å². The summed E-state index contributed by atoms with van der Waals surface area (Å²) in [5, 5.41) is 4.04. The number of hydrogen-bond donors (Lipinski definition) is 3. The maximum atomic E-state index is 12.7. The first-order valence-electron chi connectivity index (χ1n) is 10.9. The van der Waals surface area contributed by atoms with E-state index in [1.54, 1.807) is 12.1 Å². The molecule has 0 saturated carbocycles. The van der Waals surface area contributed by atoms with E-state index in [1.807, 2.05) is 43.3 Å². The molecule has 2 aromatic carbocycles. The number of thioether (sulfide) groups is 1. The molecule has 0 aliphatic carbocycles. The first kappa shape index (κ1) is 23.4. The SMILES string of the molecule is CCOc1ccc(NC(=O)CSc2nc3c(c(=O)[nH]2)C[NH+](Cc2ccc(Cl)cc2)CC3)cc1. The molecule has 1 aliphatic heterocycles. The van der Waals surface area contributed by atoms with Crippen LogP contribution in [-0.4, -0.2) is 34.8 Å². The summed E-state index contributed by atoms with van der Waals surface area (Å²) in [6.07, 6.45) is 0.730. The average molecular weight is 486 g/mol. The van der Waals surface area contributed by atoms with Crippen LogP contribution in [0.1, 0.15) is 23.7 Å². The zero-order chi connectivity index (χ0) is 23.2. The van der Waals surface area contributed by atoms with E-state index < -0.39 is 0 Å². The second kappa shape index (κ2) is 10.9. The number of quaternary nitrogens is 1. The van der Waals surface area contributed by atoms with E-state index in [2.05, 4.69) is 15.3 Å². The topological polar surface area (TPSA) is 88.5 Å². The zero-order valence-corrected chi connectivity index (χ0v) is 19.9. The van der Waals surface area contributed by atoms with Crippen molar-refractivity contribution in [2.45, 2.75) is 31.6 Å². The quantitative estimate of drug-likeness (QED) is 0.337. The van der Waals surface area contributed by atoms with Crippen LogP contribution in [0.25, 0.3) is 0 Å². The van der Waals surface area contributed by atoms with Crippen molar-refractivity contribution in [1.29, 1.82) is 0 Å². The van der Waals surface area contributed by atoms with Gasteiger partial charge in [0.1, 0.15) is 18.8 Å². The molecular formula is C24H26ClN4O3S+. The fourth-order valence-corrected chi connectivity index (χ4v) is 4.59. The van der Waals surface area contributed by atoms with Gasteiger partial charge in [-0.1, -0.05) is 35.5 Å². The van der Waals surface area contributed by atoms with Crippen LogP contribution in [0.15, 0.2) is 58.5 Å². The number of ether oxygens (including phenoxy) is 1. The van der Waals surface area contributed by atoms with Crippen LogP contribution in [0, 0.1) is 0 Å². The van der Waals surface area contributed by atoms with Crippen molar-refractivity contribution in [2.75, 3.05) is 24.2 Å². The van der Waals surface area contributed by atoms with Gasteiger partial charge in [0.2, 0.25) is 5.91 Å². The Bertz CT molecular complexity index is 1170. The summed E-state index contributed by atoms with van der Waals surface area (Å²) < 4.78 is 5.40. The van der Waals surface area contributed by atoms with Gasteiger partial charge in [0.15, 0.2) is 5.16 Å². The van der Waals surface area contributed by atoms with Crippen molar-refractivity contribution in [3.05, 3.63) is 80.7 Å². The molecule has 33 heavy (non-hydrogen) atoms. The van der Waals surface area contributed by atoms with Crippen molar-refractivity contribution < 1.29 is 14.4 Å². The predicted molar refractivity (Wildman–Crippen MR) is 130 cm³/mol. The van der Waals surface area contributed by atoms with E-state index in [0.29, 0.717) is 24.0 Å². The van der Waals surface area contributed by atoms with Crippen molar-refractivity contribution in [3.63, 3.8) is 0 Å². The fourth-order valence-electron chi connectivity index (χ4n) is 3.79. The smallest absolute Gasteiger partial charge is 0.260 e. The lowest BCUT2D eigenvalue weighted by molar-refractivity contribution is -0.929. The summed E-state index contributed by atoms with van der Waals surface area (Å²) in [5.74, 6) is 0.750. The van der Waals surface area contributed by atoms with Crippen LogP contribution in [0.3, 0.4) is 0 Å². The minimum Gasteiger partial charge on any atom is -0.494 e. The molecule has 1 aliphatic rings. The Morgan fingerprint density at radius 3 is 2.70 bits per heavy atom. The molecule has 4 rings (SSSR count). The standard InChI is InChI=1S/C24H25ClN4O3S/c1-2-32-19-9-7-18(8-10-19)26-22(30)15-33-24-27-21-11-12-29(14-20(21)23(31)28-24)13-16-3-5-17(25)6-4-16/h3-10H,2,11-15H2,1H3,(H,26,30)(H,27,28,31)/p+1. The molecule has 0 fully saturated rings. The molecular weight excluding hydrogens is 460 g/mol. The lowest BCUT2D eigenvalue weighted by Gasteiger charge is -2.25. The Morgan fingerprint density at radius 1 is 1.21 bits per heavy atom. The number of nitrogens with one attached hydrogen (secondary N) is 3. The normalized spacial score (nSPS) is 15.0. The van der Waals surface area contributed by atoms with Crippen molar-refractivity contribution in [2.24, 2.45) is 0 Å². The molecule has 2 heterocycles. The maximum Gasteiger partial charge on any atom is 0.260 e. The number of rotatable bonds is 8. The lowest BCUT2D eigenvalue weighted by atomic mass is 10.1. The molecule has 9 heteroatoms. The third kappa shape index (κ3) is 6.37. The molecule has 0 radical (unpaired) electrons. The number of H-pyrrole nitrogens is 1. The van der Waals surface area contributed by atoms with Gasteiger partial charge in [-0.15, -0.1) is 0 Å². The molecule has 3 aromatic rings. The number of aromatic amines is 1. The van der Waals surface area contributed by atoms with Crippen LogP contribution in [-0.2, 0) is 24.3 Å². The highest BCUT2D eigenvalue weighted by atomic mass is 35.5. The van der Waals surface area contributed by atoms with Gasteiger partial charge in [0.25, 0.3) is 5.56 Å². The largest absolute Gasteiger partial charge is 0.494 e. The predicted octanol–water partition coefficient (Wildman–Crippen LogP) is 2.69. The average Bonchev–Trinajstić information content (AvgIpc) is 2.81. The van der Waals surface area contributed by atoms with Gasteiger partial charge in [0, 0.05) is 22.7 Å². The third-order valence-electron chi connectivity index (χ3n) is 5.38.